The summed E-state index contributed by atoms with van der Waals surface area (Å²) < 4.78 is 5.45. The highest BCUT2D eigenvalue weighted by atomic mass is 16.5. The summed E-state index contributed by atoms with van der Waals surface area (Å²) in [6.07, 6.45) is 6.73. The molecule has 3 aliphatic heterocycles. The highest BCUT2D eigenvalue weighted by Gasteiger charge is 2.49. The molecule has 0 radical (unpaired) electrons. The van der Waals surface area contributed by atoms with Crippen LogP contribution in [0, 0.1) is 25.7 Å². The van der Waals surface area contributed by atoms with E-state index >= 15 is 0 Å². The van der Waals surface area contributed by atoms with E-state index in [1.807, 2.05) is 25.3 Å². The van der Waals surface area contributed by atoms with E-state index in [9.17, 15) is 4.79 Å². The Morgan fingerprint density at radius 2 is 2.03 bits per heavy atom. The first-order valence-electron chi connectivity index (χ1n) is 11.5. The van der Waals surface area contributed by atoms with Crippen molar-refractivity contribution in [2.24, 2.45) is 11.8 Å². The van der Waals surface area contributed by atoms with Crippen LogP contribution in [-0.2, 0) is 11.2 Å². The average Bonchev–Trinajstić information content (AvgIpc) is 2.78. The molecule has 4 atom stereocenters. The Morgan fingerprint density at radius 1 is 1.19 bits per heavy atom. The van der Waals surface area contributed by atoms with Crippen LogP contribution in [0.5, 0.6) is 5.75 Å². The van der Waals surface area contributed by atoms with E-state index < -0.39 is 0 Å². The smallest absolute Gasteiger partial charge is 0.223 e. The van der Waals surface area contributed by atoms with E-state index in [2.05, 4.69) is 33.8 Å². The first-order valence-corrected chi connectivity index (χ1v) is 11.5. The van der Waals surface area contributed by atoms with Crippen molar-refractivity contribution in [3.05, 3.63) is 47.4 Å². The third-order valence-corrected chi connectivity index (χ3v) is 7.43. The number of hydrogen-bond donors (Lipinski definition) is 0. The zero-order valence-electron chi connectivity index (χ0n) is 18.8. The molecule has 4 heterocycles. The number of ether oxygens (including phenoxy) is 1. The molecule has 3 fully saturated rings. The summed E-state index contributed by atoms with van der Waals surface area (Å²) in [5.74, 6) is 3.18. The molecule has 164 valence electrons. The Balaban J connectivity index is 1.48. The number of nitrogens with zero attached hydrogens (tertiary/aromatic N) is 4. The van der Waals surface area contributed by atoms with Crippen LogP contribution in [0.4, 0.5) is 5.82 Å². The molecule has 1 aromatic carbocycles. The van der Waals surface area contributed by atoms with E-state index in [1.165, 1.54) is 12.0 Å². The number of methoxy groups -OCH3 is 1. The SMILES string of the molecule is COc1cccc(C[C@H]2[C@H]3C[C@H](CN(c4nc(C)cnc4C)C3)[C@@H]3CCCC(=O)N32)c1. The van der Waals surface area contributed by atoms with Gasteiger partial charge in [0.2, 0.25) is 5.91 Å². The van der Waals surface area contributed by atoms with Gasteiger partial charge in [-0.05, 0) is 69.1 Å². The third-order valence-electron chi connectivity index (χ3n) is 7.43. The van der Waals surface area contributed by atoms with Gasteiger partial charge in [0.25, 0.3) is 0 Å². The average molecular weight is 421 g/mol. The fourth-order valence-electron chi connectivity index (χ4n) is 6.08. The van der Waals surface area contributed by atoms with Crippen molar-refractivity contribution in [1.29, 1.82) is 0 Å². The number of piperidine rings is 3. The predicted octanol–water partition coefficient (Wildman–Crippen LogP) is 3.55. The Morgan fingerprint density at radius 3 is 2.87 bits per heavy atom. The molecule has 1 amide bonds. The zero-order chi connectivity index (χ0) is 21.5. The van der Waals surface area contributed by atoms with Crippen molar-refractivity contribution in [1.82, 2.24) is 14.9 Å². The van der Waals surface area contributed by atoms with Gasteiger partial charge in [-0.15, -0.1) is 0 Å². The maximum atomic E-state index is 13.1. The second kappa shape index (κ2) is 8.13. The minimum absolute atomic E-state index is 0.224. The molecule has 1 aromatic heterocycles. The number of amides is 1. The van der Waals surface area contributed by atoms with Crippen molar-refractivity contribution < 1.29 is 9.53 Å². The van der Waals surface area contributed by atoms with Crippen molar-refractivity contribution in [2.45, 2.75) is 58.0 Å². The van der Waals surface area contributed by atoms with Crippen LogP contribution in [0.1, 0.15) is 42.6 Å². The number of aromatic nitrogens is 2. The van der Waals surface area contributed by atoms with E-state index in [0.717, 1.165) is 55.3 Å². The highest BCUT2D eigenvalue weighted by molar-refractivity contribution is 5.78. The van der Waals surface area contributed by atoms with Gasteiger partial charge in [-0.3, -0.25) is 9.78 Å². The summed E-state index contributed by atoms with van der Waals surface area (Å²) in [4.78, 5) is 27.2. The number of carbonyl (C=O) groups is 1. The number of benzene rings is 1. The summed E-state index contributed by atoms with van der Waals surface area (Å²) in [5.41, 5.74) is 3.19. The van der Waals surface area contributed by atoms with E-state index in [4.69, 9.17) is 9.72 Å². The number of carbonyl (C=O) groups excluding carboxylic acids is 1. The third kappa shape index (κ3) is 3.77. The lowest BCUT2D eigenvalue weighted by molar-refractivity contribution is -0.148. The summed E-state index contributed by atoms with van der Waals surface area (Å²) >= 11 is 0. The van der Waals surface area contributed by atoms with Gasteiger partial charge in [-0.25, -0.2) is 4.98 Å². The molecule has 0 spiro atoms. The monoisotopic (exact) mass is 420 g/mol. The number of anilines is 1. The van der Waals surface area contributed by atoms with Crippen LogP contribution < -0.4 is 9.64 Å². The van der Waals surface area contributed by atoms with Gasteiger partial charge in [0.1, 0.15) is 11.6 Å². The van der Waals surface area contributed by atoms with Crippen LogP contribution in [0.15, 0.2) is 30.5 Å². The predicted molar refractivity (Wildman–Crippen MR) is 120 cm³/mol. The van der Waals surface area contributed by atoms with Crippen LogP contribution >= 0.6 is 0 Å². The molecule has 0 unspecified atom stereocenters. The van der Waals surface area contributed by atoms with Crippen LogP contribution in [-0.4, -0.2) is 53.1 Å². The number of hydrogen-bond acceptors (Lipinski definition) is 5. The molecular weight excluding hydrogens is 388 g/mol. The maximum absolute atomic E-state index is 13.1. The summed E-state index contributed by atoms with van der Waals surface area (Å²) in [6.45, 7) is 5.96. The summed E-state index contributed by atoms with van der Waals surface area (Å²) in [7, 11) is 1.71. The van der Waals surface area contributed by atoms with Crippen LogP contribution in [0.3, 0.4) is 0 Å². The Hall–Kier alpha value is -2.63. The maximum Gasteiger partial charge on any atom is 0.223 e. The normalized spacial score (nSPS) is 27.8. The molecule has 2 aromatic rings. The Labute approximate surface area is 184 Å². The van der Waals surface area contributed by atoms with Gasteiger partial charge in [0.15, 0.2) is 0 Å². The van der Waals surface area contributed by atoms with E-state index in [1.54, 1.807) is 7.11 Å². The molecule has 0 N–H and O–H groups in total. The summed E-state index contributed by atoms with van der Waals surface area (Å²) in [6, 6.07) is 8.88. The van der Waals surface area contributed by atoms with Gasteiger partial charge in [0, 0.05) is 37.8 Å². The van der Waals surface area contributed by atoms with Gasteiger partial charge >= 0.3 is 0 Å². The molecule has 5 rings (SSSR count). The molecule has 3 aliphatic rings. The molecule has 3 saturated heterocycles. The molecule has 0 saturated carbocycles. The number of fused-ring (bicyclic) bond motifs is 4. The fourth-order valence-corrected chi connectivity index (χ4v) is 6.08. The lowest BCUT2D eigenvalue weighted by Gasteiger charge is -2.57. The van der Waals surface area contributed by atoms with Crippen LogP contribution in [0.25, 0.3) is 0 Å². The van der Waals surface area contributed by atoms with Crippen LogP contribution in [0.2, 0.25) is 0 Å². The summed E-state index contributed by atoms with van der Waals surface area (Å²) in [5, 5.41) is 0. The van der Waals surface area contributed by atoms with Gasteiger partial charge < -0.3 is 14.5 Å². The Bertz CT molecular complexity index is 978. The lowest BCUT2D eigenvalue weighted by Crippen LogP contribution is -2.65. The number of aryl methyl sites for hydroxylation is 2. The second-order valence-corrected chi connectivity index (χ2v) is 9.46. The largest absolute Gasteiger partial charge is 0.497 e. The zero-order valence-corrected chi connectivity index (χ0v) is 18.8. The number of rotatable bonds is 4. The molecule has 6 nitrogen and oxygen atoms in total. The van der Waals surface area contributed by atoms with Gasteiger partial charge in [0.05, 0.1) is 18.5 Å². The molecule has 6 heteroatoms. The van der Waals surface area contributed by atoms with Crippen molar-refractivity contribution in [2.75, 3.05) is 25.1 Å². The van der Waals surface area contributed by atoms with E-state index in [-0.39, 0.29) is 6.04 Å². The second-order valence-electron chi connectivity index (χ2n) is 9.46. The first-order chi connectivity index (χ1) is 15.0. The van der Waals surface area contributed by atoms with Gasteiger partial charge in [-0.2, -0.15) is 0 Å². The minimum Gasteiger partial charge on any atom is -0.497 e. The molecule has 0 aliphatic carbocycles. The topological polar surface area (TPSA) is 58.6 Å². The van der Waals surface area contributed by atoms with Crippen molar-refractivity contribution in [3.8, 4) is 5.75 Å². The van der Waals surface area contributed by atoms with E-state index in [0.29, 0.717) is 30.2 Å². The molecular formula is C25H32N4O2. The quantitative estimate of drug-likeness (QED) is 0.757. The van der Waals surface area contributed by atoms with Gasteiger partial charge in [-0.1, -0.05) is 12.1 Å². The standard InChI is InChI=1S/C25H32N4O2/c1-16-13-26-17(2)25(27-16)28-14-19-12-20(15-28)23(29-22(19)8-5-9-24(29)30)11-18-6-4-7-21(10-18)31-3/h4,6-7,10,13,19-20,22-23H,5,8-9,11-12,14-15H2,1-3H3/t19-,20+,22+,23+/m1/s1. The van der Waals surface area contributed by atoms with Crippen molar-refractivity contribution in [3.63, 3.8) is 0 Å². The minimum atomic E-state index is 0.224. The molecule has 2 bridgehead atoms. The Kier molecular flexibility index (Phi) is 5.32. The van der Waals surface area contributed by atoms with Crippen molar-refractivity contribution >= 4 is 11.7 Å². The first kappa shape index (κ1) is 20.3. The lowest BCUT2D eigenvalue weighted by atomic mass is 9.70. The highest BCUT2D eigenvalue weighted by Crippen LogP contribution is 2.43. The molecule has 31 heavy (non-hydrogen) atoms. The fraction of sp³-hybridized carbons (Fsp3) is 0.560.